The molecular weight excluding hydrogens is 294 g/mol. The smallest absolute Gasteiger partial charge is 0.273 e. The van der Waals surface area contributed by atoms with Gasteiger partial charge in [0.15, 0.2) is 0 Å². The van der Waals surface area contributed by atoms with Gasteiger partial charge >= 0.3 is 0 Å². The van der Waals surface area contributed by atoms with Gasteiger partial charge in [0.1, 0.15) is 17.5 Å². The van der Waals surface area contributed by atoms with Gasteiger partial charge in [-0.1, -0.05) is 6.42 Å². The second-order valence-corrected chi connectivity index (χ2v) is 5.83. The van der Waals surface area contributed by atoms with Crippen LogP contribution in [0.3, 0.4) is 0 Å². The summed E-state index contributed by atoms with van der Waals surface area (Å²) in [5, 5.41) is 16.7. The molecule has 6 nitrogen and oxygen atoms in total. The average molecular weight is 315 g/mol. The molecule has 0 saturated heterocycles. The van der Waals surface area contributed by atoms with E-state index in [2.05, 4.69) is 10.4 Å². The summed E-state index contributed by atoms with van der Waals surface area (Å²) in [6, 6.07) is 8.86. The van der Waals surface area contributed by atoms with Crippen LogP contribution in [0.1, 0.15) is 36.2 Å². The molecule has 1 fully saturated rings. The van der Waals surface area contributed by atoms with Crippen LogP contribution in [-0.2, 0) is 7.05 Å². The zero-order chi connectivity index (χ0) is 16.2. The van der Waals surface area contributed by atoms with Gasteiger partial charge < -0.3 is 15.2 Å². The quantitative estimate of drug-likeness (QED) is 0.908. The van der Waals surface area contributed by atoms with Gasteiger partial charge in [-0.05, 0) is 49.6 Å². The number of amides is 1. The molecule has 0 bridgehead atoms. The molecule has 1 aromatic heterocycles. The molecule has 1 amide bonds. The predicted molar refractivity (Wildman–Crippen MR) is 86.5 cm³/mol. The van der Waals surface area contributed by atoms with Crippen LogP contribution >= 0.6 is 0 Å². The lowest BCUT2D eigenvalue weighted by molar-refractivity contribution is 0.00688. The van der Waals surface area contributed by atoms with Crippen LogP contribution in [-0.4, -0.2) is 33.0 Å². The number of aromatic nitrogens is 2. The van der Waals surface area contributed by atoms with Crippen molar-refractivity contribution in [2.45, 2.75) is 37.9 Å². The Balaban J connectivity index is 1.61. The lowest BCUT2D eigenvalue weighted by atomic mass is 9.95. The number of aliphatic hydroxyl groups is 1. The molecule has 2 atom stereocenters. The van der Waals surface area contributed by atoms with E-state index >= 15 is 0 Å². The number of anilines is 1. The first-order valence-corrected chi connectivity index (χ1v) is 7.87. The van der Waals surface area contributed by atoms with Crippen LogP contribution in [0.2, 0.25) is 0 Å². The molecule has 1 saturated carbocycles. The number of aryl methyl sites for hydroxylation is 1. The Morgan fingerprint density at radius 3 is 2.65 bits per heavy atom. The van der Waals surface area contributed by atoms with Gasteiger partial charge in [-0.25, -0.2) is 0 Å². The largest absolute Gasteiger partial charge is 0.488 e. The maximum Gasteiger partial charge on any atom is 0.273 e. The molecule has 3 rings (SSSR count). The van der Waals surface area contributed by atoms with Crippen molar-refractivity contribution in [3.8, 4) is 5.75 Å². The molecule has 0 radical (unpaired) electrons. The van der Waals surface area contributed by atoms with Crippen molar-refractivity contribution < 1.29 is 14.6 Å². The monoisotopic (exact) mass is 315 g/mol. The Labute approximate surface area is 135 Å². The third-order valence-corrected chi connectivity index (χ3v) is 4.12. The Kier molecular flexibility index (Phi) is 4.62. The van der Waals surface area contributed by atoms with E-state index < -0.39 is 6.10 Å². The number of aliphatic hydroxyl groups excluding tert-OH is 1. The van der Waals surface area contributed by atoms with Crippen molar-refractivity contribution in [1.82, 2.24) is 9.78 Å². The van der Waals surface area contributed by atoms with Crippen LogP contribution in [0.5, 0.6) is 5.75 Å². The van der Waals surface area contributed by atoms with Crippen molar-refractivity contribution >= 4 is 11.6 Å². The van der Waals surface area contributed by atoms with Crippen molar-refractivity contribution in [2.24, 2.45) is 7.05 Å². The van der Waals surface area contributed by atoms with Crippen molar-refractivity contribution in [3.05, 3.63) is 42.2 Å². The molecule has 1 aliphatic carbocycles. The highest BCUT2D eigenvalue weighted by molar-refractivity contribution is 6.02. The van der Waals surface area contributed by atoms with E-state index in [0.29, 0.717) is 17.1 Å². The summed E-state index contributed by atoms with van der Waals surface area (Å²) in [7, 11) is 1.72. The third-order valence-electron chi connectivity index (χ3n) is 4.12. The van der Waals surface area contributed by atoms with Gasteiger partial charge in [0.05, 0.1) is 6.10 Å². The second-order valence-electron chi connectivity index (χ2n) is 5.83. The summed E-state index contributed by atoms with van der Waals surface area (Å²) in [6.45, 7) is 0. The maximum atomic E-state index is 12.1. The first kappa shape index (κ1) is 15.6. The summed E-state index contributed by atoms with van der Waals surface area (Å²) >= 11 is 0. The van der Waals surface area contributed by atoms with E-state index in [1.807, 2.05) is 0 Å². The number of nitrogens with zero attached hydrogens (tertiary/aromatic N) is 2. The Hall–Kier alpha value is -2.34. The number of nitrogens with one attached hydrogen (secondary N) is 1. The molecule has 122 valence electrons. The first-order chi connectivity index (χ1) is 11.1. The number of hydrogen-bond acceptors (Lipinski definition) is 4. The van der Waals surface area contributed by atoms with Crippen molar-refractivity contribution in [1.29, 1.82) is 0 Å². The average Bonchev–Trinajstić information content (AvgIpc) is 2.98. The molecule has 2 N–H and O–H groups in total. The minimum absolute atomic E-state index is 0.140. The Morgan fingerprint density at radius 2 is 2.00 bits per heavy atom. The maximum absolute atomic E-state index is 12.1. The Morgan fingerprint density at radius 1 is 1.26 bits per heavy atom. The third kappa shape index (κ3) is 3.71. The molecule has 2 unspecified atom stereocenters. The summed E-state index contributed by atoms with van der Waals surface area (Å²) in [6.07, 6.45) is 4.86. The predicted octanol–water partition coefficient (Wildman–Crippen LogP) is 2.35. The highest BCUT2D eigenvalue weighted by Gasteiger charge is 2.24. The van der Waals surface area contributed by atoms with E-state index in [4.69, 9.17) is 4.74 Å². The molecule has 0 spiro atoms. The summed E-state index contributed by atoms with van der Waals surface area (Å²) < 4.78 is 7.37. The summed E-state index contributed by atoms with van der Waals surface area (Å²) in [5.41, 5.74) is 1.18. The zero-order valence-corrected chi connectivity index (χ0v) is 13.1. The van der Waals surface area contributed by atoms with Gasteiger partial charge in [-0.15, -0.1) is 0 Å². The zero-order valence-electron chi connectivity index (χ0n) is 13.1. The van der Waals surface area contributed by atoms with E-state index in [1.165, 1.54) is 4.68 Å². The van der Waals surface area contributed by atoms with E-state index in [9.17, 15) is 9.90 Å². The lowest BCUT2D eigenvalue weighted by Gasteiger charge is -2.28. The van der Waals surface area contributed by atoms with Crippen LogP contribution in [0.4, 0.5) is 5.69 Å². The molecule has 1 aliphatic rings. The fourth-order valence-corrected chi connectivity index (χ4v) is 2.80. The lowest BCUT2D eigenvalue weighted by Crippen LogP contribution is -2.34. The van der Waals surface area contributed by atoms with Gasteiger partial charge in [0.25, 0.3) is 5.91 Å². The molecule has 0 aliphatic heterocycles. The van der Waals surface area contributed by atoms with E-state index in [0.717, 1.165) is 25.7 Å². The van der Waals surface area contributed by atoms with Crippen molar-refractivity contribution in [3.63, 3.8) is 0 Å². The Bertz CT molecular complexity index is 666. The molecule has 1 heterocycles. The van der Waals surface area contributed by atoms with Crippen LogP contribution in [0.15, 0.2) is 36.5 Å². The molecule has 23 heavy (non-hydrogen) atoms. The molecule has 6 heteroatoms. The topological polar surface area (TPSA) is 76.4 Å². The number of benzene rings is 1. The normalized spacial score (nSPS) is 21.0. The van der Waals surface area contributed by atoms with Gasteiger partial charge in [-0.2, -0.15) is 5.10 Å². The summed E-state index contributed by atoms with van der Waals surface area (Å²) in [5.74, 6) is 0.496. The van der Waals surface area contributed by atoms with Crippen molar-refractivity contribution in [2.75, 3.05) is 5.32 Å². The van der Waals surface area contributed by atoms with Gasteiger partial charge in [-0.3, -0.25) is 9.48 Å². The van der Waals surface area contributed by atoms with E-state index in [1.54, 1.807) is 43.6 Å². The van der Waals surface area contributed by atoms with Crippen LogP contribution in [0.25, 0.3) is 0 Å². The molecule has 1 aromatic carbocycles. The minimum atomic E-state index is -0.395. The highest BCUT2D eigenvalue weighted by atomic mass is 16.5. The fraction of sp³-hybridized carbons (Fsp3) is 0.412. The highest BCUT2D eigenvalue weighted by Crippen LogP contribution is 2.25. The molecular formula is C17H21N3O3. The number of ether oxygens (including phenoxy) is 1. The first-order valence-electron chi connectivity index (χ1n) is 7.87. The van der Waals surface area contributed by atoms with Gasteiger partial charge in [0, 0.05) is 18.9 Å². The SMILES string of the molecule is Cn1nccc1C(=O)Nc1ccc(OC2CCCCC2O)cc1. The van der Waals surface area contributed by atoms with Crippen LogP contribution < -0.4 is 10.1 Å². The second kappa shape index (κ2) is 6.83. The van der Waals surface area contributed by atoms with E-state index in [-0.39, 0.29) is 12.0 Å². The fourth-order valence-electron chi connectivity index (χ4n) is 2.80. The van der Waals surface area contributed by atoms with Gasteiger partial charge in [0.2, 0.25) is 0 Å². The summed E-state index contributed by atoms with van der Waals surface area (Å²) in [4.78, 5) is 12.1. The van der Waals surface area contributed by atoms with Crippen LogP contribution in [0, 0.1) is 0 Å². The number of carbonyl (C=O) groups excluding carboxylic acids is 1. The minimum Gasteiger partial charge on any atom is -0.488 e. The molecule has 2 aromatic rings. The number of carbonyl (C=O) groups is 1. The number of rotatable bonds is 4. The number of hydrogen-bond donors (Lipinski definition) is 2. The standard InChI is InChI=1S/C17H21N3O3/c1-20-14(10-11-18-20)17(22)19-12-6-8-13(9-7-12)23-16-5-3-2-4-15(16)21/h6-11,15-16,21H,2-5H2,1H3,(H,19,22).